The maximum atomic E-state index is 12.4. The molecule has 0 rings (SSSR count). The highest BCUT2D eigenvalue weighted by Crippen LogP contribution is 2.21. The van der Waals surface area contributed by atoms with Gasteiger partial charge < -0.3 is 19.5 Å². The molecule has 0 aliphatic rings. The van der Waals surface area contributed by atoms with Crippen molar-refractivity contribution in [2.45, 2.75) is 226 Å². The Labute approximate surface area is 312 Å². The van der Waals surface area contributed by atoms with Crippen molar-refractivity contribution >= 4 is 11.9 Å². The first kappa shape index (κ1) is 48.9. The number of carbonyl (C=O) groups is 2. The smallest absolute Gasteiger partial charge is 0.305 e. The van der Waals surface area contributed by atoms with Gasteiger partial charge in [-0.2, -0.15) is 0 Å². The maximum absolute atomic E-state index is 12.4. The lowest BCUT2D eigenvalue weighted by Crippen LogP contribution is -2.34. The number of nitrogens with zero attached hydrogens (tertiary/aromatic N) is 1. The van der Waals surface area contributed by atoms with E-state index in [1.807, 2.05) is 0 Å². The summed E-state index contributed by atoms with van der Waals surface area (Å²) in [4.78, 5) is 27.0. The van der Waals surface area contributed by atoms with Crippen molar-refractivity contribution in [2.24, 2.45) is 11.8 Å². The van der Waals surface area contributed by atoms with E-state index in [1.165, 1.54) is 154 Å². The summed E-state index contributed by atoms with van der Waals surface area (Å²) in [7, 11) is 2.16. The van der Waals surface area contributed by atoms with Crippen LogP contribution in [0.15, 0.2) is 0 Å². The number of aliphatic hydroxyl groups is 1. The van der Waals surface area contributed by atoms with Crippen molar-refractivity contribution in [2.75, 3.05) is 33.4 Å². The number of carbonyl (C=O) groups excluding carboxylic acids is 2. The molecule has 0 saturated carbocycles. The van der Waals surface area contributed by atoms with Crippen LogP contribution in [0.1, 0.15) is 220 Å². The molecule has 0 aliphatic carbocycles. The van der Waals surface area contributed by atoms with E-state index in [2.05, 4.69) is 39.6 Å². The zero-order valence-electron chi connectivity index (χ0n) is 34.3. The normalized spacial score (nSPS) is 12.9. The van der Waals surface area contributed by atoms with E-state index in [-0.39, 0.29) is 18.5 Å². The first-order valence-electron chi connectivity index (χ1n) is 22.0. The summed E-state index contributed by atoms with van der Waals surface area (Å²) < 4.78 is 11.3. The molecule has 0 fully saturated rings. The fourth-order valence-corrected chi connectivity index (χ4v) is 7.16. The molecule has 0 bridgehead atoms. The summed E-state index contributed by atoms with van der Waals surface area (Å²) >= 11 is 0. The van der Waals surface area contributed by atoms with Gasteiger partial charge in [0.25, 0.3) is 0 Å². The number of unbranched alkanes of at least 4 members (excludes halogenated alkanes) is 16. The van der Waals surface area contributed by atoms with Crippen molar-refractivity contribution in [1.82, 2.24) is 4.90 Å². The molecule has 0 aromatic rings. The van der Waals surface area contributed by atoms with Gasteiger partial charge in [-0.05, 0) is 70.3 Å². The molecule has 0 radical (unpaired) electrons. The zero-order chi connectivity index (χ0) is 36.9. The minimum Gasteiger partial charge on any atom is -0.465 e. The third-order valence-electron chi connectivity index (χ3n) is 10.7. The van der Waals surface area contributed by atoms with E-state index < -0.39 is 0 Å². The average Bonchev–Trinajstić information content (AvgIpc) is 3.11. The molecule has 50 heavy (non-hydrogen) atoms. The summed E-state index contributed by atoms with van der Waals surface area (Å²) in [6.07, 6.45) is 34.6. The molecule has 0 aliphatic heterocycles. The van der Waals surface area contributed by atoms with E-state index in [0.29, 0.717) is 43.9 Å². The van der Waals surface area contributed by atoms with Crippen LogP contribution >= 0.6 is 0 Å². The van der Waals surface area contributed by atoms with E-state index in [9.17, 15) is 14.7 Å². The molecular formula is C44H87NO5. The van der Waals surface area contributed by atoms with Gasteiger partial charge in [-0.15, -0.1) is 0 Å². The minimum absolute atomic E-state index is 0.00111. The van der Waals surface area contributed by atoms with Gasteiger partial charge in [0.05, 0.1) is 19.8 Å². The van der Waals surface area contributed by atoms with Crippen LogP contribution in [0.4, 0.5) is 0 Å². The second-order valence-electron chi connectivity index (χ2n) is 15.6. The summed E-state index contributed by atoms with van der Waals surface area (Å²) in [5.41, 5.74) is 0. The van der Waals surface area contributed by atoms with Crippen molar-refractivity contribution < 1.29 is 24.2 Å². The molecule has 0 aromatic heterocycles. The largest absolute Gasteiger partial charge is 0.465 e. The molecular weight excluding hydrogens is 622 g/mol. The third-order valence-corrected chi connectivity index (χ3v) is 10.7. The lowest BCUT2D eigenvalue weighted by molar-refractivity contribution is -0.146. The van der Waals surface area contributed by atoms with Gasteiger partial charge in [-0.1, -0.05) is 156 Å². The molecule has 0 aromatic carbocycles. The van der Waals surface area contributed by atoms with Gasteiger partial charge in [0.15, 0.2) is 0 Å². The number of ether oxygens (including phenoxy) is 2. The molecule has 298 valence electrons. The standard InChI is InChI=1S/C44H87NO5/c1-6-10-14-23-31-41(30-13-9-4)39-50-44(48)35-27-22-18-16-20-25-33-42(45(5)36-37-46)32-24-19-15-17-21-26-34-43(47)49-38-40(28-11-7-2)29-12-8-3/h40-42,46H,6-39H2,1-5H3. The van der Waals surface area contributed by atoms with Crippen LogP contribution in [-0.4, -0.2) is 61.4 Å². The van der Waals surface area contributed by atoms with Crippen molar-refractivity contribution in [3.63, 3.8) is 0 Å². The Morgan fingerprint density at radius 3 is 1.22 bits per heavy atom. The number of hydrogen-bond donors (Lipinski definition) is 1. The molecule has 0 heterocycles. The third kappa shape index (κ3) is 31.6. The number of likely N-dealkylation sites (N-methyl/N-ethyl adjacent to an activating group) is 1. The van der Waals surface area contributed by atoms with Crippen LogP contribution in [0.5, 0.6) is 0 Å². The molecule has 0 saturated heterocycles. The van der Waals surface area contributed by atoms with Gasteiger partial charge in [0, 0.05) is 25.4 Å². The Morgan fingerprint density at radius 1 is 0.480 bits per heavy atom. The van der Waals surface area contributed by atoms with Gasteiger partial charge >= 0.3 is 11.9 Å². The first-order chi connectivity index (χ1) is 24.4. The average molecular weight is 710 g/mol. The van der Waals surface area contributed by atoms with Crippen molar-refractivity contribution in [1.29, 1.82) is 0 Å². The molecule has 2 atom stereocenters. The number of hydrogen-bond acceptors (Lipinski definition) is 6. The lowest BCUT2D eigenvalue weighted by Gasteiger charge is -2.27. The highest BCUT2D eigenvalue weighted by Gasteiger charge is 2.15. The minimum atomic E-state index is -0.00711. The Morgan fingerprint density at radius 2 is 0.820 bits per heavy atom. The SMILES string of the molecule is CCCCCCC(CCCC)COC(=O)CCCCCCCCC(CCCCCCCCC(=O)OCC(CCCC)CCCC)N(C)CCO. The van der Waals surface area contributed by atoms with Crippen LogP contribution in [0.3, 0.4) is 0 Å². The summed E-state index contributed by atoms with van der Waals surface area (Å²) in [5.74, 6) is 1.07. The zero-order valence-corrected chi connectivity index (χ0v) is 34.3. The van der Waals surface area contributed by atoms with Crippen LogP contribution in [0.2, 0.25) is 0 Å². The highest BCUT2D eigenvalue weighted by molar-refractivity contribution is 5.69. The fraction of sp³-hybridized carbons (Fsp3) is 0.955. The fourth-order valence-electron chi connectivity index (χ4n) is 7.16. The van der Waals surface area contributed by atoms with Crippen molar-refractivity contribution in [3.05, 3.63) is 0 Å². The van der Waals surface area contributed by atoms with E-state index in [4.69, 9.17) is 9.47 Å². The van der Waals surface area contributed by atoms with Gasteiger partial charge in [-0.25, -0.2) is 0 Å². The summed E-state index contributed by atoms with van der Waals surface area (Å²) in [5, 5.41) is 9.52. The van der Waals surface area contributed by atoms with Gasteiger partial charge in [-0.3, -0.25) is 9.59 Å². The van der Waals surface area contributed by atoms with Crippen molar-refractivity contribution in [3.8, 4) is 0 Å². The molecule has 1 N–H and O–H groups in total. The highest BCUT2D eigenvalue weighted by atomic mass is 16.5. The quantitative estimate of drug-likeness (QED) is 0.0506. The summed E-state index contributed by atoms with van der Waals surface area (Å²) in [6, 6.07) is 0.540. The second-order valence-corrected chi connectivity index (χ2v) is 15.6. The van der Waals surface area contributed by atoms with E-state index in [0.717, 1.165) is 32.2 Å². The first-order valence-corrected chi connectivity index (χ1v) is 22.0. The Bertz CT molecular complexity index is 723. The van der Waals surface area contributed by atoms with Crippen LogP contribution in [0, 0.1) is 11.8 Å². The molecule has 2 unspecified atom stereocenters. The Kier molecular flexibility index (Phi) is 36.8. The molecule has 0 spiro atoms. The Balaban J connectivity index is 4.03. The lowest BCUT2D eigenvalue weighted by atomic mass is 9.96. The molecule has 6 nitrogen and oxygen atoms in total. The van der Waals surface area contributed by atoms with Crippen LogP contribution < -0.4 is 0 Å². The monoisotopic (exact) mass is 710 g/mol. The van der Waals surface area contributed by atoms with Crippen LogP contribution in [-0.2, 0) is 19.1 Å². The van der Waals surface area contributed by atoms with E-state index in [1.54, 1.807) is 0 Å². The second kappa shape index (κ2) is 37.6. The Hall–Kier alpha value is -1.14. The van der Waals surface area contributed by atoms with Gasteiger partial charge in [0.1, 0.15) is 0 Å². The predicted molar refractivity (Wildman–Crippen MR) is 214 cm³/mol. The van der Waals surface area contributed by atoms with Gasteiger partial charge in [0.2, 0.25) is 0 Å². The molecule has 6 heteroatoms. The summed E-state index contributed by atoms with van der Waals surface area (Å²) in [6.45, 7) is 11.1. The number of esters is 2. The van der Waals surface area contributed by atoms with Crippen LogP contribution in [0.25, 0.3) is 0 Å². The predicted octanol–water partition coefficient (Wildman–Crippen LogP) is 12.4. The maximum Gasteiger partial charge on any atom is 0.305 e. The topological polar surface area (TPSA) is 76.1 Å². The van der Waals surface area contributed by atoms with E-state index >= 15 is 0 Å². The number of aliphatic hydroxyl groups excluding tert-OH is 1. The molecule has 0 amide bonds. The number of rotatable bonds is 39.